The molecular weight excluding hydrogens is 548 g/mol. The Kier molecular flexibility index (Phi) is 12.4. The number of likely N-dealkylation sites (N-methyl/N-ethyl adjacent to an activating group) is 1. The van der Waals surface area contributed by atoms with Gasteiger partial charge in [0.1, 0.15) is 24.4 Å². The summed E-state index contributed by atoms with van der Waals surface area (Å²) in [7, 11) is 1.65. The number of nitrogens with zero attached hydrogens (tertiary/aromatic N) is 1. The third-order valence-corrected chi connectivity index (χ3v) is 6.94. The summed E-state index contributed by atoms with van der Waals surface area (Å²) in [5, 5.41) is 8.94. The van der Waals surface area contributed by atoms with Gasteiger partial charge in [0.2, 0.25) is 17.7 Å². The molecule has 10 nitrogen and oxygen atoms in total. The molecule has 0 unspecified atom stereocenters. The van der Waals surface area contributed by atoms with E-state index in [0.717, 1.165) is 5.56 Å². The predicted octanol–water partition coefficient (Wildman–Crippen LogP) is 2.93. The van der Waals surface area contributed by atoms with Crippen LogP contribution in [-0.4, -0.2) is 74.0 Å². The Morgan fingerprint density at radius 2 is 1.85 bits per heavy atom. The fourth-order valence-electron chi connectivity index (χ4n) is 4.36. The largest absolute Gasteiger partial charge is 0.491 e. The highest BCUT2D eigenvalue weighted by molar-refractivity contribution is 6.31. The first-order valence-electron chi connectivity index (χ1n) is 13.8. The quantitative estimate of drug-likeness (QED) is 0.408. The van der Waals surface area contributed by atoms with E-state index >= 15 is 0 Å². The van der Waals surface area contributed by atoms with Crippen molar-refractivity contribution in [1.29, 1.82) is 0 Å². The number of halogens is 1. The molecule has 222 valence electrons. The van der Waals surface area contributed by atoms with Crippen LogP contribution >= 0.6 is 11.6 Å². The Labute approximate surface area is 246 Å². The smallest absolute Gasteiger partial charge is 0.255 e. The Balaban J connectivity index is 1.71. The number of para-hydroxylation sites is 1. The summed E-state index contributed by atoms with van der Waals surface area (Å²) in [5.74, 6) is -1.06. The maximum atomic E-state index is 13.2. The van der Waals surface area contributed by atoms with Gasteiger partial charge in [-0.05, 0) is 42.5 Å². The van der Waals surface area contributed by atoms with Crippen LogP contribution in [0.4, 0.5) is 0 Å². The summed E-state index contributed by atoms with van der Waals surface area (Å²) < 4.78 is 11.5. The van der Waals surface area contributed by atoms with Crippen molar-refractivity contribution in [2.24, 2.45) is 5.92 Å². The highest BCUT2D eigenvalue weighted by Gasteiger charge is 2.28. The summed E-state index contributed by atoms with van der Waals surface area (Å²) in [6, 6.07) is 12.3. The van der Waals surface area contributed by atoms with Gasteiger partial charge in [-0.25, -0.2) is 0 Å². The lowest BCUT2D eigenvalue weighted by Gasteiger charge is -2.26. The van der Waals surface area contributed by atoms with Gasteiger partial charge >= 0.3 is 0 Å². The third-order valence-electron chi connectivity index (χ3n) is 6.58. The number of carbonyl (C=O) groups is 4. The summed E-state index contributed by atoms with van der Waals surface area (Å²) >= 11 is 6.15. The molecule has 0 aliphatic carbocycles. The first kappa shape index (κ1) is 31.9. The third kappa shape index (κ3) is 10.1. The van der Waals surface area contributed by atoms with Crippen LogP contribution in [0.1, 0.15) is 49.0 Å². The molecule has 3 rings (SSSR count). The van der Waals surface area contributed by atoms with Gasteiger partial charge in [-0.2, -0.15) is 0 Å². The highest BCUT2D eigenvalue weighted by atomic mass is 35.5. The van der Waals surface area contributed by atoms with Gasteiger partial charge in [0.25, 0.3) is 5.91 Å². The van der Waals surface area contributed by atoms with Crippen LogP contribution in [0.25, 0.3) is 0 Å². The molecule has 1 heterocycles. The van der Waals surface area contributed by atoms with Crippen LogP contribution in [0.5, 0.6) is 5.75 Å². The van der Waals surface area contributed by atoms with Gasteiger partial charge in [0.05, 0.1) is 25.3 Å². The fraction of sp³-hybridized carbons (Fsp3) is 0.467. The van der Waals surface area contributed by atoms with Crippen molar-refractivity contribution in [1.82, 2.24) is 20.9 Å². The molecular formula is C30H39ClN4O6. The van der Waals surface area contributed by atoms with Crippen LogP contribution in [0.3, 0.4) is 0 Å². The highest BCUT2D eigenvalue weighted by Crippen LogP contribution is 2.19. The van der Waals surface area contributed by atoms with Crippen LogP contribution in [0, 0.1) is 5.92 Å². The molecule has 1 aliphatic heterocycles. The van der Waals surface area contributed by atoms with Crippen molar-refractivity contribution in [2.45, 2.75) is 51.8 Å². The normalized spacial score (nSPS) is 18.9. The molecule has 3 N–H and O–H groups in total. The lowest BCUT2D eigenvalue weighted by molar-refractivity contribution is -0.136. The number of benzene rings is 2. The van der Waals surface area contributed by atoms with Gasteiger partial charge in [0, 0.05) is 25.0 Å². The van der Waals surface area contributed by atoms with E-state index in [-0.39, 0.29) is 69.0 Å². The zero-order valence-electron chi connectivity index (χ0n) is 23.8. The molecule has 1 aliphatic rings. The van der Waals surface area contributed by atoms with Crippen molar-refractivity contribution >= 4 is 35.2 Å². The van der Waals surface area contributed by atoms with Crippen molar-refractivity contribution in [3.8, 4) is 5.75 Å². The number of carbonyl (C=O) groups excluding carboxylic acids is 4. The molecule has 0 aromatic heterocycles. The monoisotopic (exact) mass is 586 g/mol. The minimum Gasteiger partial charge on any atom is -0.491 e. The predicted molar refractivity (Wildman–Crippen MR) is 156 cm³/mol. The number of rotatable bonds is 8. The van der Waals surface area contributed by atoms with Crippen LogP contribution in [0.2, 0.25) is 5.02 Å². The van der Waals surface area contributed by atoms with E-state index in [4.69, 9.17) is 21.1 Å². The topological polar surface area (TPSA) is 126 Å². The van der Waals surface area contributed by atoms with E-state index in [0.29, 0.717) is 17.2 Å². The Hall–Kier alpha value is -3.63. The van der Waals surface area contributed by atoms with Crippen molar-refractivity contribution in [3.63, 3.8) is 0 Å². The number of hydrogen-bond acceptors (Lipinski definition) is 6. The van der Waals surface area contributed by atoms with Crippen LogP contribution in [-0.2, 0) is 25.7 Å². The maximum absolute atomic E-state index is 13.2. The van der Waals surface area contributed by atoms with Crippen molar-refractivity contribution in [2.75, 3.05) is 33.4 Å². The number of ether oxygens (including phenoxy) is 2. The van der Waals surface area contributed by atoms with E-state index in [1.807, 2.05) is 32.0 Å². The average molecular weight is 587 g/mol. The van der Waals surface area contributed by atoms with E-state index in [9.17, 15) is 19.2 Å². The Morgan fingerprint density at radius 1 is 1.12 bits per heavy atom. The first-order valence-corrected chi connectivity index (χ1v) is 14.2. The second kappa shape index (κ2) is 16.0. The minimum absolute atomic E-state index is 0.0331. The SMILES string of the molecule is CC(C)C[C@H]1NC(=O)CC[C@@H](C(=O)NCCOCc2ccccc2Cl)NC(=O)c2ccccc2OCCN(C)C1=O. The fourth-order valence-corrected chi connectivity index (χ4v) is 4.55. The average Bonchev–Trinajstić information content (AvgIpc) is 2.94. The summed E-state index contributed by atoms with van der Waals surface area (Å²) in [6.07, 6.45) is 0.434. The molecule has 41 heavy (non-hydrogen) atoms. The summed E-state index contributed by atoms with van der Waals surface area (Å²) in [6.45, 7) is 5.07. The first-order chi connectivity index (χ1) is 19.7. The lowest BCUT2D eigenvalue weighted by Crippen LogP contribution is -2.50. The minimum atomic E-state index is -1.00. The number of fused-ring (bicyclic) bond motifs is 1. The van der Waals surface area contributed by atoms with Crippen LogP contribution in [0.15, 0.2) is 48.5 Å². The van der Waals surface area contributed by atoms with Gasteiger partial charge < -0.3 is 30.3 Å². The van der Waals surface area contributed by atoms with E-state index in [1.165, 1.54) is 4.90 Å². The number of amides is 4. The van der Waals surface area contributed by atoms with Crippen LogP contribution < -0.4 is 20.7 Å². The van der Waals surface area contributed by atoms with Gasteiger partial charge in [0.15, 0.2) is 0 Å². The second-order valence-electron chi connectivity index (χ2n) is 10.4. The summed E-state index contributed by atoms with van der Waals surface area (Å²) in [5.41, 5.74) is 1.08. The van der Waals surface area contributed by atoms with Gasteiger partial charge in [-0.15, -0.1) is 0 Å². The molecule has 4 amide bonds. The molecule has 0 fully saturated rings. The molecule has 2 aromatic carbocycles. The number of nitrogens with one attached hydrogen (secondary N) is 3. The van der Waals surface area contributed by atoms with Gasteiger partial charge in [-0.1, -0.05) is 55.8 Å². The molecule has 2 atom stereocenters. The lowest BCUT2D eigenvalue weighted by atomic mass is 10.0. The van der Waals surface area contributed by atoms with Gasteiger partial charge in [-0.3, -0.25) is 19.2 Å². The molecule has 0 radical (unpaired) electrons. The van der Waals surface area contributed by atoms with Crippen molar-refractivity contribution in [3.05, 3.63) is 64.7 Å². The van der Waals surface area contributed by atoms with E-state index in [2.05, 4.69) is 16.0 Å². The summed E-state index contributed by atoms with van der Waals surface area (Å²) in [4.78, 5) is 53.9. The van der Waals surface area contributed by atoms with E-state index in [1.54, 1.807) is 37.4 Å². The standard InChI is InChI=1S/C30H39ClN4O6/c1-20(2)18-25-30(39)35(3)15-17-41-26-11-7-5-9-22(26)28(37)34-24(12-13-27(36)33-25)29(38)32-14-16-40-19-21-8-4-6-10-23(21)31/h4-11,20,24-25H,12-19H2,1-3H3,(H,32,38)(H,33,36)(H,34,37)/t24-,25+/m0/s1. The molecule has 11 heteroatoms. The van der Waals surface area contributed by atoms with E-state index < -0.39 is 23.9 Å². The Morgan fingerprint density at radius 3 is 2.61 bits per heavy atom. The zero-order chi connectivity index (χ0) is 29.8. The Bertz CT molecular complexity index is 1210. The molecule has 0 saturated heterocycles. The maximum Gasteiger partial charge on any atom is 0.255 e. The van der Waals surface area contributed by atoms with Crippen molar-refractivity contribution < 1.29 is 28.7 Å². The molecule has 0 bridgehead atoms. The zero-order valence-corrected chi connectivity index (χ0v) is 24.5. The molecule has 0 saturated carbocycles. The molecule has 2 aromatic rings. The molecule has 0 spiro atoms. The second-order valence-corrected chi connectivity index (χ2v) is 10.8. The number of hydrogen-bond donors (Lipinski definition) is 3.